The second-order valence-electron chi connectivity index (χ2n) is 6.74. The molecule has 22 heavy (non-hydrogen) atoms. The number of aromatic amines is 1. The molecule has 0 radical (unpaired) electrons. The Morgan fingerprint density at radius 1 is 1.45 bits per heavy atom. The van der Waals surface area contributed by atoms with Crippen LogP contribution in [0.15, 0.2) is 12.4 Å². The van der Waals surface area contributed by atoms with E-state index in [0.29, 0.717) is 22.6 Å². The predicted molar refractivity (Wildman–Crippen MR) is 81.6 cm³/mol. The standard InChI is InChI=1S/C16H20N4O2/c1-16(22)6-2-3-12(16)20-15(21)10-7-17-14-13(10)19-11(8-18-14)9-4-5-9/h7-9,12,22H,2-6H2,1H3,(H,17,18)(H,20,21)/t12-,16-/m0/s1. The van der Waals surface area contributed by atoms with Gasteiger partial charge in [-0.1, -0.05) is 0 Å². The number of amides is 1. The summed E-state index contributed by atoms with van der Waals surface area (Å²) in [4.78, 5) is 24.5. The maximum absolute atomic E-state index is 12.6. The topological polar surface area (TPSA) is 90.9 Å². The van der Waals surface area contributed by atoms with E-state index in [2.05, 4.69) is 20.3 Å². The van der Waals surface area contributed by atoms with Crippen LogP contribution in [0.3, 0.4) is 0 Å². The van der Waals surface area contributed by atoms with Crippen LogP contribution in [-0.2, 0) is 0 Å². The molecule has 2 fully saturated rings. The molecule has 0 saturated heterocycles. The van der Waals surface area contributed by atoms with Crippen molar-refractivity contribution in [1.29, 1.82) is 0 Å². The summed E-state index contributed by atoms with van der Waals surface area (Å²) >= 11 is 0. The number of H-pyrrole nitrogens is 1. The molecule has 0 bridgehead atoms. The zero-order valence-electron chi connectivity index (χ0n) is 12.6. The monoisotopic (exact) mass is 300 g/mol. The Morgan fingerprint density at radius 2 is 2.27 bits per heavy atom. The van der Waals surface area contributed by atoms with Gasteiger partial charge in [0.25, 0.3) is 5.91 Å². The Kier molecular flexibility index (Phi) is 2.97. The highest BCUT2D eigenvalue weighted by Gasteiger charge is 2.38. The predicted octanol–water partition coefficient (Wildman–Crippen LogP) is 1.87. The largest absolute Gasteiger partial charge is 0.388 e. The van der Waals surface area contributed by atoms with Crippen molar-refractivity contribution in [1.82, 2.24) is 20.3 Å². The molecule has 116 valence electrons. The van der Waals surface area contributed by atoms with E-state index in [1.54, 1.807) is 19.3 Å². The number of nitrogens with zero attached hydrogens (tertiary/aromatic N) is 2. The smallest absolute Gasteiger partial charge is 0.255 e. The van der Waals surface area contributed by atoms with Crippen LogP contribution in [0.2, 0.25) is 0 Å². The second kappa shape index (κ2) is 4.78. The van der Waals surface area contributed by atoms with Gasteiger partial charge in [-0.15, -0.1) is 0 Å². The first-order chi connectivity index (χ1) is 10.5. The van der Waals surface area contributed by atoms with Crippen molar-refractivity contribution in [3.8, 4) is 0 Å². The quantitative estimate of drug-likeness (QED) is 0.807. The summed E-state index contributed by atoms with van der Waals surface area (Å²) in [7, 11) is 0. The van der Waals surface area contributed by atoms with Crippen LogP contribution >= 0.6 is 0 Å². The van der Waals surface area contributed by atoms with E-state index in [0.717, 1.165) is 37.8 Å². The Balaban J connectivity index is 1.62. The Labute approximate surface area is 128 Å². The lowest BCUT2D eigenvalue weighted by molar-refractivity contribution is 0.0368. The van der Waals surface area contributed by atoms with Gasteiger partial charge >= 0.3 is 0 Å². The zero-order chi connectivity index (χ0) is 15.3. The molecule has 2 atom stereocenters. The van der Waals surface area contributed by atoms with E-state index in [4.69, 9.17) is 0 Å². The molecule has 2 aromatic heterocycles. The molecule has 1 amide bonds. The summed E-state index contributed by atoms with van der Waals surface area (Å²) in [5.74, 6) is 0.305. The summed E-state index contributed by atoms with van der Waals surface area (Å²) in [6.07, 6.45) is 8.20. The van der Waals surface area contributed by atoms with Gasteiger partial charge < -0.3 is 15.4 Å². The fourth-order valence-corrected chi connectivity index (χ4v) is 3.27. The number of fused-ring (bicyclic) bond motifs is 1. The van der Waals surface area contributed by atoms with Crippen molar-refractivity contribution in [2.45, 2.75) is 56.6 Å². The number of nitrogens with one attached hydrogen (secondary N) is 2. The van der Waals surface area contributed by atoms with Crippen LogP contribution in [-0.4, -0.2) is 37.6 Å². The number of carbonyl (C=O) groups excluding carboxylic acids is 1. The van der Waals surface area contributed by atoms with Crippen LogP contribution in [0, 0.1) is 0 Å². The number of aliphatic hydroxyl groups is 1. The molecular weight excluding hydrogens is 280 g/mol. The van der Waals surface area contributed by atoms with E-state index in [-0.39, 0.29) is 11.9 Å². The molecule has 6 nitrogen and oxygen atoms in total. The Hall–Kier alpha value is -1.95. The fourth-order valence-electron chi connectivity index (χ4n) is 3.27. The van der Waals surface area contributed by atoms with Crippen molar-refractivity contribution in [2.24, 2.45) is 0 Å². The Morgan fingerprint density at radius 3 is 2.95 bits per heavy atom. The third kappa shape index (κ3) is 2.27. The Bertz CT molecular complexity index is 733. The van der Waals surface area contributed by atoms with E-state index in [1.807, 2.05) is 0 Å². The van der Waals surface area contributed by atoms with Crippen LogP contribution in [0.5, 0.6) is 0 Å². The number of hydrogen-bond donors (Lipinski definition) is 3. The van der Waals surface area contributed by atoms with Gasteiger partial charge in [-0.2, -0.15) is 0 Å². The molecule has 3 N–H and O–H groups in total. The van der Waals surface area contributed by atoms with Gasteiger partial charge in [0.15, 0.2) is 5.65 Å². The first-order valence-corrected chi connectivity index (χ1v) is 7.92. The summed E-state index contributed by atoms with van der Waals surface area (Å²) in [6, 6.07) is -0.204. The number of hydrogen-bond acceptors (Lipinski definition) is 4. The molecule has 2 saturated carbocycles. The molecule has 0 aliphatic heterocycles. The third-order valence-corrected chi connectivity index (χ3v) is 4.87. The fraction of sp³-hybridized carbons (Fsp3) is 0.562. The highest BCUT2D eigenvalue weighted by Crippen LogP contribution is 2.39. The van der Waals surface area contributed by atoms with E-state index in [9.17, 15) is 9.90 Å². The molecular formula is C16H20N4O2. The SMILES string of the molecule is C[C@]1(O)CCC[C@@H]1NC(=O)c1c[nH]c2ncc(C3CC3)nc12. The van der Waals surface area contributed by atoms with E-state index >= 15 is 0 Å². The average Bonchev–Trinajstić information content (AvgIpc) is 3.17. The van der Waals surface area contributed by atoms with Gasteiger partial charge in [0.05, 0.1) is 29.1 Å². The normalized spacial score (nSPS) is 28.2. The highest BCUT2D eigenvalue weighted by atomic mass is 16.3. The third-order valence-electron chi connectivity index (χ3n) is 4.87. The molecule has 6 heteroatoms. The van der Waals surface area contributed by atoms with Crippen molar-refractivity contribution in [2.75, 3.05) is 0 Å². The van der Waals surface area contributed by atoms with Crippen LogP contribution in [0.25, 0.3) is 11.2 Å². The lowest BCUT2D eigenvalue weighted by Crippen LogP contribution is -2.47. The lowest BCUT2D eigenvalue weighted by atomic mass is 10.0. The van der Waals surface area contributed by atoms with Gasteiger partial charge in [-0.05, 0) is 39.0 Å². The van der Waals surface area contributed by atoms with Crippen molar-refractivity contribution in [3.63, 3.8) is 0 Å². The minimum absolute atomic E-state index is 0.194. The maximum atomic E-state index is 12.6. The van der Waals surface area contributed by atoms with Crippen molar-refractivity contribution in [3.05, 3.63) is 23.7 Å². The lowest BCUT2D eigenvalue weighted by Gasteiger charge is -2.26. The van der Waals surface area contributed by atoms with Gasteiger partial charge in [0, 0.05) is 12.1 Å². The molecule has 0 aromatic carbocycles. The first kappa shape index (κ1) is 13.7. The molecule has 2 heterocycles. The van der Waals surface area contributed by atoms with Crippen LogP contribution < -0.4 is 5.32 Å². The van der Waals surface area contributed by atoms with E-state index < -0.39 is 5.60 Å². The zero-order valence-corrected chi connectivity index (χ0v) is 12.6. The molecule has 2 aromatic rings. The minimum Gasteiger partial charge on any atom is -0.388 e. The average molecular weight is 300 g/mol. The molecule has 2 aliphatic carbocycles. The van der Waals surface area contributed by atoms with Crippen molar-refractivity contribution < 1.29 is 9.90 Å². The number of aromatic nitrogens is 3. The van der Waals surface area contributed by atoms with Gasteiger partial charge in [0.2, 0.25) is 0 Å². The second-order valence-corrected chi connectivity index (χ2v) is 6.74. The maximum Gasteiger partial charge on any atom is 0.255 e. The molecule has 0 unspecified atom stereocenters. The van der Waals surface area contributed by atoms with Gasteiger partial charge in [-0.25, -0.2) is 9.97 Å². The van der Waals surface area contributed by atoms with Gasteiger partial charge in [0.1, 0.15) is 5.52 Å². The number of rotatable bonds is 3. The van der Waals surface area contributed by atoms with Crippen LogP contribution in [0.4, 0.5) is 0 Å². The highest BCUT2D eigenvalue weighted by molar-refractivity contribution is 6.04. The minimum atomic E-state index is -0.827. The van der Waals surface area contributed by atoms with Crippen LogP contribution in [0.1, 0.15) is 61.0 Å². The summed E-state index contributed by atoms with van der Waals surface area (Å²) in [5, 5.41) is 13.2. The summed E-state index contributed by atoms with van der Waals surface area (Å²) < 4.78 is 0. The van der Waals surface area contributed by atoms with E-state index in [1.165, 1.54) is 0 Å². The van der Waals surface area contributed by atoms with Gasteiger partial charge in [-0.3, -0.25) is 4.79 Å². The first-order valence-electron chi connectivity index (χ1n) is 7.92. The van der Waals surface area contributed by atoms with Crippen molar-refractivity contribution >= 4 is 17.1 Å². The molecule has 2 aliphatic rings. The number of carbonyl (C=O) groups is 1. The summed E-state index contributed by atoms with van der Waals surface area (Å²) in [6.45, 7) is 1.78. The molecule has 0 spiro atoms. The molecule has 4 rings (SSSR count). The summed E-state index contributed by atoms with van der Waals surface area (Å²) in [5.41, 5.74) is 1.90.